The van der Waals surface area contributed by atoms with Crippen molar-refractivity contribution < 1.29 is 13.7 Å². The van der Waals surface area contributed by atoms with Crippen LogP contribution in [0.1, 0.15) is 53.5 Å². The molecular weight excluding hydrogens is 348 g/mol. The minimum absolute atomic E-state index is 0.0104. The zero-order chi connectivity index (χ0) is 19.8. The van der Waals surface area contributed by atoms with Gasteiger partial charge < -0.3 is 15.8 Å². The number of ether oxygens (including phenoxy) is 1. The van der Waals surface area contributed by atoms with Gasteiger partial charge in [-0.3, -0.25) is 9.00 Å². The summed E-state index contributed by atoms with van der Waals surface area (Å²) < 4.78 is 17.8. The van der Waals surface area contributed by atoms with Crippen LogP contribution in [0.25, 0.3) is 0 Å². The maximum atomic E-state index is 12.8. The second-order valence-electron chi connectivity index (χ2n) is 8.60. The van der Waals surface area contributed by atoms with Gasteiger partial charge in [-0.05, 0) is 45.4 Å². The van der Waals surface area contributed by atoms with Gasteiger partial charge in [0.1, 0.15) is 5.54 Å². The lowest BCUT2D eigenvalue weighted by molar-refractivity contribution is -0.166. The lowest BCUT2D eigenvalue weighted by atomic mass is 9.54. The predicted octanol–water partition coefficient (Wildman–Crippen LogP) is 3.20. The molecule has 1 aromatic carbocycles. The highest BCUT2D eigenvalue weighted by atomic mass is 32.2. The first-order valence-corrected chi connectivity index (χ1v) is 10.4. The van der Waals surface area contributed by atoms with Crippen LogP contribution in [-0.2, 0) is 26.1 Å². The number of hydrogen-bond donors (Lipinski definition) is 2. The van der Waals surface area contributed by atoms with Gasteiger partial charge >= 0.3 is 0 Å². The maximum Gasteiger partial charge on any atom is 0.245 e. The third kappa shape index (κ3) is 4.02. The first-order valence-electron chi connectivity index (χ1n) is 9.11. The normalized spacial score (nSPS) is 26.0. The average Bonchev–Trinajstić information content (AvgIpc) is 2.53. The Morgan fingerprint density at radius 1 is 1.38 bits per heavy atom. The van der Waals surface area contributed by atoms with Crippen molar-refractivity contribution in [1.82, 2.24) is 0 Å². The van der Waals surface area contributed by atoms with E-state index in [2.05, 4.69) is 5.32 Å². The Morgan fingerprint density at radius 3 is 2.58 bits per heavy atom. The first-order chi connectivity index (χ1) is 11.9. The van der Waals surface area contributed by atoms with Crippen LogP contribution >= 0.6 is 0 Å². The molecule has 1 aliphatic carbocycles. The topological polar surface area (TPSA) is 81.4 Å². The van der Waals surface area contributed by atoms with E-state index in [0.29, 0.717) is 24.5 Å². The summed E-state index contributed by atoms with van der Waals surface area (Å²) in [5.74, 6) is 0.256. The van der Waals surface area contributed by atoms with Gasteiger partial charge in [0.25, 0.3) is 0 Å². The van der Waals surface area contributed by atoms with Gasteiger partial charge in [-0.2, -0.15) is 0 Å². The number of carbonyl (C=O) groups excluding carboxylic acids is 1. The maximum absolute atomic E-state index is 12.8. The lowest BCUT2D eigenvalue weighted by Crippen LogP contribution is -2.74. The Bertz CT molecular complexity index is 697. The Balaban J connectivity index is 2.09. The summed E-state index contributed by atoms with van der Waals surface area (Å²) in [4.78, 5) is 12.8. The Kier molecular flexibility index (Phi) is 6.00. The largest absolute Gasteiger partial charge is 0.378 e. The first kappa shape index (κ1) is 21.1. The van der Waals surface area contributed by atoms with Crippen LogP contribution in [0.4, 0.5) is 5.69 Å². The summed E-state index contributed by atoms with van der Waals surface area (Å²) in [6.07, 6.45) is 0.497. The standard InChI is InChI=1S/C20H32N2O3S/c1-7-25-16-12-20(21,19(16,5)6)17(23)22-15-10-8-9-14(11-15)13-26(24)18(2,3)4/h8-11,16H,7,12-13,21H2,1-6H3,(H,22,23). The third-order valence-electron chi connectivity index (χ3n) is 5.40. The van der Waals surface area contributed by atoms with Crippen molar-refractivity contribution >= 4 is 22.4 Å². The second-order valence-corrected chi connectivity index (χ2v) is 10.8. The molecule has 5 nitrogen and oxygen atoms in total. The molecule has 0 aliphatic heterocycles. The molecule has 1 aliphatic rings. The monoisotopic (exact) mass is 380 g/mol. The molecule has 0 radical (unpaired) electrons. The molecule has 1 fully saturated rings. The number of rotatable bonds is 6. The highest BCUT2D eigenvalue weighted by Crippen LogP contribution is 2.50. The molecule has 6 heteroatoms. The van der Waals surface area contributed by atoms with E-state index >= 15 is 0 Å². The molecule has 3 atom stereocenters. The van der Waals surface area contributed by atoms with Crippen LogP contribution in [0.5, 0.6) is 0 Å². The van der Waals surface area contributed by atoms with E-state index < -0.39 is 21.8 Å². The van der Waals surface area contributed by atoms with Gasteiger partial charge in [0.05, 0.1) is 6.10 Å². The van der Waals surface area contributed by atoms with Crippen molar-refractivity contribution in [2.75, 3.05) is 11.9 Å². The third-order valence-corrected chi connectivity index (χ3v) is 7.36. The number of carbonyl (C=O) groups is 1. The summed E-state index contributed by atoms with van der Waals surface area (Å²) in [6, 6.07) is 7.49. The molecule has 1 amide bonds. The fraction of sp³-hybridized carbons (Fsp3) is 0.650. The molecule has 26 heavy (non-hydrogen) atoms. The Morgan fingerprint density at radius 2 is 2.04 bits per heavy atom. The predicted molar refractivity (Wildman–Crippen MR) is 107 cm³/mol. The molecular formula is C20H32N2O3S. The highest BCUT2D eigenvalue weighted by molar-refractivity contribution is 7.85. The van der Waals surface area contributed by atoms with E-state index in [1.54, 1.807) is 0 Å². The number of benzene rings is 1. The van der Waals surface area contributed by atoms with Crippen molar-refractivity contribution in [1.29, 1.82) is 0 Å². The quantitative estimate of drug-likeness (QED) is 0.794. The molecule has 0 aromatic heterocycles. The molecule has 3 N–H and O–H groups in total. The smallest absolute Gasteiger partial charge is 0.245 e. The van der Waals surface area contributed by atoms with Crippen LogP contribution in [0, 0.1) is 5.41 Å². The van der Waals surface area contributed by atoms with Crippen LogP contribution in [0.3, 0.4) is 0 Å². The molecule has 1 saturated carbocycles. The summed E-state index contributed by atoms with van der Waals surface area (Å²) in [5.41, 5.74) is 6.65. The van der Waals surface area contributed by atoms with Crippen LogP contribution in [-0.4, -0.2) is 33.1 Å². The number of nitrogens with one attached hydrogen (secondary N) is 1. The number of amides is 1. The highest BCUT2D eigenvalue weighted by Gasteiger charge is 2.62. The molecule has 2 rings (SSSR count). The van der Waals surface area contributed by atoms with E-state index in [4.69, 9.17) is 10.5 Å². The van der Waals surface area contributed by atoms with E-state index in [1.165, 1.54) is 0 Å². The molecule has 146 valence electrons. The van der Waals surface area contributed by atoms with Crippen molar-refractivity contribution in [3.05, 3.63) is 29.8 Å². The fourth-order valence-corrected chi connectivity index (χ4v) is 4.09. The van der Waals surface area contributed by atoms with Gasteiger partial charge in [-0.15, -0.1) is 0 Å². The molecule has 3 unspecified atom stereocenters. The van der Waals surface area contributed by atoms with Crippen LogP contribution in [0.2, 0.25) is 0 Å². The van der Waals surface area contributed by atoms with E-state index in [9.17, 15) is 9.00 Å². The molecule has 0 spiro atoms. The molecule has 0 saturated heterocycles. The zero-order valence-corrected chi connectivity index (χ0v) is 17.5. The van der Waals surface area contributed by atoms with Gasteiger partial charge in [-0.25, -0.2) is 0 Å². The number of anilines is 1. The van der Waals surface area contributed by atoms with Gasteiger partial charge in [0.2, 0.25) is 5.91 Å². The van der Waals surface area contributed by atoms with Gasteiger partial charge in [0.15, 0.2) is 0 Å². The van der Waals surface area contributed by atoms with Crippen LogP contribution < -0.4 is 11.1 Å². The number of hydrogen-bond acceptors (Lipinski definition) is 4. The van der Waals surface area contributed by atoms with Gasteiger partial charge in [0, 0.05) is 45.4 Å². The van der Waals surface area contributed by atoms with E-state index in [0.717, 1.165) is 5.56 Å². The summed E-state index contributed by atoms with van der Waals surface area (Å²) in [5, 5.41) is 2.94. The fourth-order valence-electron chi connectivity index (χ4n) is 3.17. The number of nitrogens with two attached hydrogens (primary N) is 1. The summed E-state index contributed by atoms with van der Waals surface area (Å²) in [7, 11) is -0.990. The van der Waals surface area contributed by atoms with Crippen LogP contribution in [0.15, 0.2) is 24.3 Å². The van der Waals surface area contributed by atoms with E-state index in [-0.39, 0.29) is 16.8 Å². The summed E-state index contributed by atoms with van der Waals surface area (Å²) in [6.45, 7) is 12.4. The van der Waals surface area contributed by atoms with Crippen molar-refractivity contribution in [2.24, 2.45) is 11.1 Å². The molecule has 0 bridgehead atoms. The minimum Gasteiger partial charge on any atom is -0.378 e. The molecule has 0 heterocycles. The average molecular weight is 381 g/mol. The second kappa shape index (κ2) is 7.41. The zero-order valence-electron chi connectivity index (χ0n) is 16.7. The van der Waals surface area contributed by atoms with Crippen molar-refractivity contribution in [3.63, 3.8) is 0 Å². The molecule has 1 aromatic rings. The van der Waals surface area contributed by atoms with Crippen molar-refractivity contribution in [2.45, 2.75) is 70.1 Å². The van der Waals surface area contributed by atoms with E-state index in [1.807, 2.05) is 65.8 Å². The Labute approximate surface area is 159 Å². The van der Waals surface area contributed by atoms with Crippen molar-refractivity contribution in [3.8, 4) is 0 Å². The SMILES string of the molecule is CCOC1CC(N)(C(=O)Nc2cccc(CS(=O)C(C)(C)C)c2)C1(C)C. The minimum atomic E-state index is -0.990. The summed E-state index contributed by atoms with van der Waals surface area (Å²) >= 11 is 0. The lowest BCUT2D eigenvalue weighted by Gasteiger charge is -2.57. The van der Waals surface area contributed by atoms with Gasteiger partial charge in [-0.1, -0.05) is 26.0 Å². The Hall–Kier alpha value is -1.24.